The monoisotopic (exact) mass is 343 g/mol. The fraction of sp³-hybridized carbons (Fsp3) is 0.100. The van der Waals surface area contributed by atoms with Crippen molar-refractivity contribution in [2.45, 2.75) is 11.1 Å². The Morgan fingerprint density at radius 1 is 1.24 bits per heavy atom. The number of benzene rings is 1. The van der Waals surface area contributed by atoms with Crippen LogP contribution in [0.25, 0.3) is 0 Å². The largest absolute Gasteiger partial charge is 0.432 e. The van der Waals surface area contributed by atoms with Crippen molar-refractivity contribution >= 4 is 27.4 Å². The minimum absolute atomic E-state index is 0.0226. The number of H-pyrrole nitrogens is 1. The first-order chi connectivity index (χ1) is 9.59. The third-order valence-corrected chi connectivity index (χ3v) is 3.93. The van der Waals surface area contributed by atoms with Crippen molar-refractivity contribution in [3.63, 3.8) is 0 Å². The van der Waals surface area contributed by atoms with Gasteiger partial charge in [-0.2, -0.15) is 18.3 Å². The number of aromatic nitrogens is 2. The number of hydrogen-bond acceptors (Lipinski definition) is 3. The van der Waals surface area contributed by atoms with Gasteiger partial charge in [-0.05, 0) is 18.2 Å². The Kier molecular flexibility index (Phi) is 3.85. The Morgan fingerprint density at radius 2 is 1.90 bits per heavy atom. The van der Waals surface area contributed by atoms with Gasteiger partial charge in [-0.1, -0.05) is 11.6 Å². The van der Waals surface area contributed by atoms with E-state index in [1.807, 2.05) is 0 Å². The fourth-order valence-electron chi connectivity index (χ4n) is 1.41. The van der Waals surface area contributed by atoms with E-state index in [-0.39, 0.29) is 5.02 Å². The molecule has 0 aliphatic rings. The Morgan fingerprint density at radius 3 is 2.43 bits per heavy atom. The number of sulfonamides is 1. The lowest BCUT2D eigenvalue weighted by atomic mass is 10.3. The standard InChI is InChI=1S/C10H6ClF4N3O2S/c11-5-1-2-7(6(12)3-5)21(19,20)18-9-4-8(16-17-9)10(13,14)15/h1-4H,(H2,16,17,18). The predicted octanol–water partition coefficient (Wildman–Crippen LogP) is 3.02. The third-order valence-electron chi connectivity index (χ3n) is 2.31. The molecular weight excluding hydrogens is 338 g/mol. The van der Waals surface area contributed by atoms with Crippen LogP contribution < -0.4 is 4.72 Å². The molecule has 0 aliphatic heterocycles. The first-order valence-electron chi connectivity index (χ1n) is 5.20. The topological polar surface area (TPSA) is 74.8 Å². The van der Waals surface area contributed by atoms with Gasteiger partial charge in [-0.3, -0.25) is 9.82 Å². The van der Waals surface area contributed by atoms with Crippen LogP contribution in [-0.4, -0.2) is 18.6 Å². The molecule has 5 nitrogen and oxygen atoms in total. The maximum Gasteiger partial charge on any atom is 0.432 e. The first-order valence-corrected chi connectivity index (χ1v) is 7.06. The molecular formula is C10H6ClF4N3O2S. The molecule has 0 unspecified atom stereocenters. The van der Waals surface area contributed by atoms with Crippen molar-refractivity contribution in [2.24, 2.45) is 0 Å². The van der Waals surface area contributed by atoms with Gasteiger partial charge < -0.3 is 0 Å². The summed E-state index contributed by atoms with van der Waals surface area (Å²) in [5.41, 5.74) is -1.24. The number of rotatable bonds is 3. The lowest BCUT2D eigenvalue weighted by Gasteiger charge is -2.06. The Balaban J connectivity index is 2.31. The normalized spacial score (nSPS) is 12.4. The fourth-order valence-corrected chi connectivity index (χ4v) is 2.62. The minimum atomic E-state index is -4.71. The van der Waals surface area contributed by atoms with Gasteiger partial charge in [0, 0.05) is 11.1 Å². The lowest BCUT2D eigenvalue weighted by molar-refractivity contribution is -0.141. The molecule has 1 heterocycles. The van der Waals surface area contributed by atoms with Crippen LogP contribution in [0.15, 0.2) is 29.2 Å². The molecule has 0 radical (unpaired) electrons. The summed E-state index contributed by atoms with van der Waals surface area (Å²) in [4.78, 5) is -0.761. The van der Waals surface area contributed by atoms with Crippen LogP contribution in [0.5, 0.6) is 0 Å². The van der Waals surface area contributed by atoms with E-state index in [2.05, 4.69) is 5.10 Å². The second-order valence-corrected chi connectivity index (χ2v) is 5.93. The molecule has 21 heavy (non-hydrogen) atoms. The molecule has 1 aromatic heterocycles. The highest BCUT2D eigenvalue weighted by atomic mass is 35.5. The van der Waals surface area contributed by atoms with Gasteiger partial charge in [0.25, 0.3) is 10.0 Å². The van der Waals surface area contributed by atoms with Gasteiger partial charge in [-0.25, -0.2) is 12.8 Å². The van der Waals surface area contributed by atoms with E-state index in [1.54, 1.807) is 9.82 Å². The van der Waals surface area contributed by atoms with Gasteiger partial charge in [0.15, 0.2) is 5.82 Å². The van der Waals surface area contributed by atoms with Crippen LogP contribution in [0, 0.1) is 5.82 Å². The Bertz CT molecular complexity index is 773. The summed E-state index contributed by atoms with van der Waals surface area (Å²) in [5, 5.41) is 4.76. The van der Waals surface area contributed by atoms with Gasteiger partial charge in [-0.15, -0.1) is 0 Å². The highest BCUT2D eigenvalue weighted by molar-refractivity contribution is 7.92. The molecule has 11 heteroatoms. The SMILES string of the molecule is O=S(=O)(Nc1cc(C(F)(F)F)[nH]n1)c1ccc(Cl)cc1F. The number of nitrogens with one attached hydrogen (secondary N) is 2. The molecule has 2 N–H and O–H groups in total. The quantitative estimate of drug-likeness (QED) is 0.841. The predicted molar refractivity (Wildman–Crippen MR) is 65.8 cm³/mol. The van der Waals surface area contributed by atoms with Crippen LogP contribution in [0.1, 0.15) is 5.69 Å². The zero-order chi connectivity index (χ0) is 15.8. The minimum Gasteiger partial charge on any atom is -0.271 e. The van der Waals surface area contributed by atoms with E-state index in [0.29, 0.717) is 6.07 Å². The van der Waals surface area contributed by atoms with Crippen LogP contribution in [0.3, 0.4) is 0 Å². The van der Waals surface area contributed by atoms with Crippen LogP contribution in [0.4, 0.5) is 23.4 Å². The first kappa shape index (κ1) is 15.6. The van der Waals surface area contributed by atoms with Crippen molar-refractivity contribution in [3.8, 4) is 0 Å². The van der Waals surface area contributed by atoms with Gasteiger partial charge in [0.05, 0.1) is 0 Å². The summed E-state index contributed by atoms with van der Waals surface area (Å²) >= 11 is 5.48. The van der Waals surface area contributed by atoms with E-state index in [0.717, 1.165) is 18.2 Å². The van der Waals surface area contributed by atoms with Crippen LogP contribution in [0.2, 0.25) is 5.02 Å². The molecule has 0 saturated carbocycles. The molecule has 0 amide bonds. The van der Waals surface area contributed by atoms with Crippen LogP contribution in [-0.2, 0) is 16.2 Å². The van der Waals surface area contributed by atoms with E-state index in [9.17, 15) is 26.0 Å². The third kappa shape index (κ3) is 3.45. The molecule has 0 bridgehead atoms. The number of anilines is 1. The number of hydrogen-bond donors (Lipinski definition) is 2. The summed E-state index contributed by atoms with van der Waals surface area (Å²) in [6.45, 7) is 0. The number of alkyl halides is 3. The number of halogens is 5. The smallest absolute Gasteiger partial charge is 0.271 e. The van der Waals surface area contributed by atoms with Crippen molar-refractivity contribution < 1.29 is 26.0 Å². The summed E-state index contributed by atoms with van der Waals surface area (Å²) in [6.07, 6.45) is -4.71. The van der Waals surface area contributed by atoms with E-state index < -0.39 is 38.4 Å². The van der Waals surface area contributed by atoms with Crippen molar-refractivity contribution in [1.82, 2.24) is 10.2 Å². The van der Waals surface area contributed by atoms with Crippen molar-refractivity contribution in [2.75, 3.05) is 4.72 Å². The number of nitrogens with zero attached hydrogens (tertiary/aromatic N) is 1. The van der Waals surface area contributed by atoms with Crippen LogP contribution >= 0.6 is 11.6 Å². The molecule has 114 valence electrons. The highest BCUT2D eigenvalue weighted by Crippen LogP contribution is 2.29. The molecule has 0 saturated heterocycles. The molecule has 2 rings (SSSR count). The van der Waals surface area contributed by atoms with Gasteiger partial charge in [0.1, 0.15) is 16.4 Å². The summed E-state index contributed by atoms with van der Waals surface area (Å²) in [7, 11) is -4.43. The van der Waals surface area contributed by atoms with Gasteiger partial charge in [0.2, 0.25) is 0 Å². The maximum absolute atomic E-state index is 13.5. The zero-order valence-electron chi connectivity index (χ0n) is 9.87. The Hall–Kier alpha value is -1.81. The van der Waals surface area contributed by atoms with Crippen molar-refractivity contribution in [3.05, 3.63) is 40.8 Å². The second kappa shape index (κ2) is 5.19. The van der Waals surface area contributed by atoms with E-state index >= 15 is 0 Å². The molecule has 0 fully saturated rings. The Labute approximate surface area is 121 Å². The molecule has 0 atom stereocenters. The summed E-state index contributed by atoms with van der Waals surface area (Å²) in [6, 6.07) is 3.23. The highest BCUT2D eigenvalue weighted by Gasteiger charge is 2.33. The molecule has 1 aromatic carbocycles. The van der Waals surface area contributed by atoms with Gasteiger partial charge >= 0.3 is 6.18 Å². The summed E-state index contributed by atoms with van der Waals surface area (Å²) in [5.74, 6) is -1.75. The molecule has 0 aliphatic carbocycles. The average Bonchev–Trinajstić information content (AvgIpc) is 2.75. The van der Waals surface area contributed by atoms with E-state index in [4.69, 9.17) is 11.6 Å². The molecule has 0 spiro atoms. The zero-order valence-corrected chi connectivity index (χ0v) is 11.4. The van der Waals surface area contributed by atoms with Crippen molar-refractivity contribution in [1.29, 1.82) is 0 Å². The van der Waals surface area contributed by atoms with E-state index in [1.165, 1.54) is 0 Å². The lowest BCUT2D eigenvalue weighted by Crippen LogP contribution is -2.14. The summed E-state index contributed by atoms with van der Waals surface area (Å²) < 4.78 is 76.0. The average molecular weight is 344 g/mol. The maximum atomic E-state index is 13.5. The second-order valence-electron chi connectivity index (χ2n) is 3.84. The molecule has 2 aromatic rings. The number of aromatic amines is 1.